The van der Waals surface area contributed by atoms with Gasteiger partial charge in [-0.1, -0.05) is 6.92 Å². The molecule has 6 heteroatoms. The largest absolute Gasteiger partial charge is 0.252 e. The van der Waals surface area contributed by atoms with Crippen LogP contribution in [0.25, 0.3) is 0 Å². The molecule has 1 aromatic heterocycles. The van der Waals surface area contributed by atoms with Crippen molar-refractivity contribution < 1.29 is 8.42 Å². The van der Waals surface area contributed by atoms with Gasteiger partial charge in [0.25, 0.3) is 10.0 Å². The van der Waals surface area contributed by atoms with Gasteiger partial charge in [0.2, 0.25) is 0 Å². The Kier molecular flexibility index (Phi) is 4.29. The predicted octanol–water partition coefficient (Wildman–Crippen LogP) is 2.82. The second-order valence-electron chi connectivity index (χ2n) is 5.17. The Morgan fingerprint density at radius 1 is 1.32 bits per heavy atom. The number of thiophene rings is 1. The molecular weight excluding hydrogens is 280 g/mol. The summed E-state index contributed by atoms with van der Waals surface area (Å²) in [5.74, 6) is 0.694. The molecule has 0 N–H and O–H groups in total. The van der Waals surface area contributed by atoms with Crippen molar-refractivity contribution in [3.63, 3.8) is 0 Å². The van der Waals surface area contributed by atoms with Crippen LogP contribution in [-0.2, 0) is 10.0 Å². The summed E-state index contributed by atoms with van der Waals surface area (Å²) in [6.45, 7) is 2.21. The Morgan fingerprint density at radius 3 is 2.47 bits per heavy atom. The van der Waals surface area contributed by atoms with E-state index in [0.29, 0.717) is 10.8 Å². The number of nitriles is 1. The topological polar surface area (TPSA) is 61.2 Å². The van der Waals surface area contributed by atoms with Crippen LogP contribution in [0, 0.1) is 17.2 Å². The van der Waals surface area contributed by atoms with Crippen LogP contribution in [0.4, 0.5) is 0 Å². The zero-order valence-corrected chi connectivity index (χ0v) is 12.8. The van der Waals surface area contributed by atoms with Crippen LogP contribution >= 0.6 is 11.3 Å². The summed E-state index contributed by atoms with van der Waals surface area (Å²) in [6.07, 6.45) is 4.01. The summed E-state index contributed by atoms with van der Waals surface area (Å²) in [4.78, 5) is 0.434. The van der Waals surface area contributed by atoms with Gasteiger partial charge in [-0.3, -0.25) is 0 Å². The first-order valence-electron chi connectivity index (χ1n) is 6.43. The maximum atomic E-state index is 12.5. The molecule has 1 aliphatic carbocycles. The number of hydrogen-bond acceptors (Lipinski definition) is 4. The quantitative estimate of drug-likeness (QED) is 0.862. The van der Waals surface area contributed by atoms with Crippen molar-refractivity contribution in [2.45, 2.75) is 42.9 Å². The first-order valence-corrected chi connectivity index (χ1v) is 8.68. The van der Waals surface area contributed by atoms with Crippen LogP contribution in [0.1, 0.15) is 37.5 Å². The maximum absolute atomic E-state index is 12.5. The van der Waals surface area contributed by atoms with Crippen molar-refractivity contribution in [2.24, 2.45) is 5.92 Å². The fraction of sp³-hybridized carbons (Fsp3) is 0.615. The van der Waals surface area contributed by atoms with E-state index in [1.165, 1.54) is 10.4 Å². The molecule has 0 amide bonds. The third-order valence-corrected chi connectivity index (χ3v) is 7.19. The molecule has 0 atom stereocenters. The van der Waals surface area contributed by atoms with E-state index in [-0.39, 0.29) is 10.3 Å². The first kappa shape index (κ1) is 14.5. The van der Waals surface area contributed by atoms with E-state index in [1.54, 1.807) is 13.1 Å². The van der Waals surface area contributed by atoms with Gasteiger partial charge in [-0.2, -0.15) is 9.57 Å². The molecule has 2 rings (SSSR count). The molecule has 0 radical (unpaired) electrons. The Morgan fingerprint density at radius 2 is 1.95 bits per heavy atom. The molecule has 104 valence electrons. The fourth-order valence-corrected chi connectivity index (χ4v) is 5.17. The molecule has 0 saturated heterocycles. The third kappa shape index (κ3) is 2.99. The Labute approximate surface area is 118 Å². The Bertz CT molecular complexity index is 578. The lowest BCUT2D eigenvalue weighted by molar-refractivity contribution is 0.246. The van der Waals surface area contributed by atoms with Gasteiger partial charge in [0.1, 0.15) is 15.2 Å². The van der Waals surface area contributed by atoms with Crippen molar-refractivity contribution in [2.75, 3.05) is 7.05 Å². The van der Waals surface area contributed by atoms with Gasteiger partial charge in [0, 0.05) is 13.1 Å². The molecule has 4 nitrogen and oxygen atoms in total. The molecule has 0 spiro atoms. The molecule has 1 aliphatic rings. The van der Waals surface area contributed by atoms with Gasteiger partial charge in [-0.15, -0.1) is 11.3 Å². The number of rotatable bonds is 3. The maximum Gasteiger partial charge on any atom is 0.252 e. The molecule has 0 unspecified atom stereocenters. The summed E-state index contributed by atoms with van der Waals surface area (Å²) in [6, 6.07) is 5.16. The minimum Gasteiger partial charge on any atom is -0.206 e. The molecular formula is C13H18N2O2S2. The lowest BCUT2D eigenvalue weighted by atomic mass is 9.87. The van der Waals surface area contributed by atoms with E-state index < -0.39 is 10.0 Å². The van der Waals surface area contributed by atoms with E-state index in [4.69, 9.17) is 5.26 Å². The van der Waals surface area contributed by atoms with Crippen LogP contribution in [0.3, 0.4) is 0 Å². The lowest BCUT2D eigenvalue weighted by Crippen LogP contribution is -2.38. The molecule has 1 fully saturated rings. The average Bonchev–Trinajstić information content (AvgIpc) is 2.88. The van der Waals surface area contributed by atoms with Gasteiger partial charge in [0.15, 0.2) is 0 Å². The van der Waals surface area contributed by atoms with E-state index in [0.717, 1.165) is 37.0 Å². The number of sulfonamides is 1. The number of nitrogens with zero attached hydrogens (tertiary/aromatic N) is 2. The molecule has 1 aromatic rings. The van der Waals surface area contributed by atoms with E-state index in [2.05, 4.69) is 6.92 Å². The van der Waals surface area contributed by atoms with Crippen LogP contribution in [0.2, 0.25) is 0 Å². The van der Waals surface area contributed by atoms with Crippen LogP contribution in [-0.4, -0.2) is 25.8 Å². The first-order chi connectivity index (χ1) is 8.95. The van der Waals surface area contributed by atoms with Gasteiger partial charge >= 0.3 is 0 Å². The highest BCUT2D eigenvalue weighted by molar-refractivity contribution is 7.91. The van der Waals surface area contributed by atoms with Crippen molar-refractivity contribution in [1.29, 1.82) is 5.26 Å². The molecule has 0 aromatic carbocycles. The molecule has 1 saturated carbocycles. The van der Waals surface area contributed by atoms with Crippen molar-refractivity contribution in [3.05, 3.63) is 17.0 Å². The Balaban J connectivity index is 2.17. The van der Waals surface area contributed by atoms with Crippen LogP contribution < -0.4 is 0 Å². The predicted molar refractivity (Wildman–Crippen MR) is 75.4 cm³/mol. The van der Waals surface area contributed by atoms with E-state index >= 15 is 0 Å². The molecule has 0 bridgehead atoms. The third-order valence-electron chi connectivity index (χ3n) is 3.82. The lowest BCUT2D eigenvalue weighted by Gasteiger charge is -2.32. The standard InChI is InChI=1S/C13H18N2O2S2/c1-10-3-5-11(6-4-10)15(2)19(16,17)13-8-7-12(9-14)18-13/h7-8,10-11H,3-6H2,1-2H3. The van der Waals surface area contributed by atoms with Gasteiger partial charge < -0.3 is 0 Å². The zero-order valence-electron chi connectivity index (χ0n) is 11.2. The zero-order chi connectivity index (χ0) is 14.0. The van der Waals surface area contributed by atoms with Crippen LogP contribution in [0.5, 0.6) is 0 Å². The molecule has 19 heavy (non-hydrogen) atoms. The fourth-order valence-electron chi connectivity index (χ4n) is 2.46. The SMILES string of the molecule is CC1CCC(N(C)S(=O)(=O)c2ccc(C#N)s2)CC1. The highest BCUT2D eigenvalue weighted by Gasteiger charge is 2.31. The molecule has 0 aliphatic heterocycles. The highest BCUT2D eigenvalue weighted by Crippen LogP contribution is 2.31. The van der Waals surface area contributed by atoms with E-state index in [1.807, 2.05) is 6.07 Å². The second-order valence-corrected chi connectivity index (χ2v) is 8.47. The minimum atomic E-state index is -3.44. The van der Waals surface area contributed by atoms with Crippen LogP contribution in [0.15, 0.2) is 16.3 Å². The van der Waals surface area contributed by atoms with Gasteiger partial charge in [-0.25, -0.2) is 8.42 Å². The summed E-state index contributed by atoms with van der Waals surface area (Å²) in [5.41, 5.74) is 0. The van der Waals surface area contributed by atoms with Crippen molar-refractivity contribution in [1.82, 2.24) is 4.31 Å². The summed E-state index contributed by atoms with van der Waals surface area (Å²) < 4.78 is 26.7. The Hall–Kier alpha value is -0.900. The normalized spacial score (nSPS) is 24.3. The van der Waals surface area contributed by atoms with E-state index in [9.17, 15) is 8.42 Å². The average molecular weight is 298 g/mol. The summed E-state index contributed by atoms with van der Waals surface area (Å²) in [5, 5.41) is 8.79. The summed E-state index contributed by atoms with van der Waals surface area (Å²) >= 11 is 1.04. The van der Waals surface area contributed by atoms with Crippen molar-refractivity contribution >= 4 is 21.4 Å². The monoisotopic (exact) mass is 298 g/mol. The van der Waals surface area contributed by atoms with Crippen molar-refractivity contribution in [3.8, 4) is 6.07 Å². The second kappa shape index (κ2) is 5.61. The highest BCUT2D eigenvalue weighted by atomic mass is 32.2. The minimum absolute atomic E-state index is 0.0915. The molecule has 1 heterocycles. The summed E-state index contributed by atoms with van der Waals surface area (Å²) in [7, 11) is -1.79. The smallest absolute Gasteiger partial charge is 0.206 e. The number of hydrogen-bond donors (Lipinski definition) is 0. The van der Waals surface area contributed by atoms with Gasteiger partial charge in [-0.05, 0) is 43.7 Å². The van der Waals surface area contributed by atoms with Gasteiger partial charge in [0.05, 0.1) is 0 Å².